The molecule has 1 aromatic carbocycles. The maximum absolute atomic E-state index is 15.5. The first-order valence-electron chi connectivity index (χ1n) is 11.1. The highest BCUT2D eigenvalue weighted by molar-refractivity contribution is 7.99. The Morgan fingerprint density at radius 2 is 2.00 bits per heavy atom. The Balaban J connectivity index is 1.56. The Hall–Kier alpha value is -2.75. The fraction of sp³-hybridized carbons (Fsp3) is 0.522. The van der Waals surface area contributed by atoms with Gasteiger partial charge in [-0.25, -0.2) is 14.0 Å². The molecule has 3 heterocycles. The van der Waals surface area contributed by atoms with Crippen molar-refractivity contribution in [1.82, 2.24) is 9.88 Å². The molecule has 2 aliphatic heterocycles. The molecule has 5 rings (SSSR count). The number of aromatic nitrogens is 1. The monoisotopic (exact) mass is 475 g/mol. The normalized spacial score (nSPS) is 22.1. The van der Waals surface area contributed by atoms with Gasteiger partial charge in [0.1, 0.15) is 17.0 Å². The van der Waals surface area contributed by atoms with Gasteiger partial charge in [-0.3, -0.25) is 4.79 Å². The second kappa shape index (κ2) is 7.65. The predicted molar refractivity (Wildman–Crippen MR) is 123 cm³/mol. The minimum atomic E-state index is -1.31. The van der Waals surface area contributed by atoms with Crippen LogP contribution in [0.5, 0.6) is 0 Å². The van der Waals surface area contributed by atoms with Crippen LogP contribution in [0.3, 0.4) is 0 Å². The molecule has 1 aliphatic carbocycles. The van der Waals surface area contributed by atoms with Crippen molar-refractivity contribution in [2.45, 2.75) is 68.7 Å². The number of carbonyl (C=O) groups excluding carboxylic acids is 1. The summed E-state index contributed by atoms with van der Waals surface area (Å²) in [5.74, 6) is -1.25. The Morgan fingerprint density at radius 1 is 1.27 bits per heavy atom. The van der Waals surface area contributed by atoms with Crippen LogP contribution >= 0.6 is 11.8 Å². The minimum Gasteiger partial charge on any atom is -0.477 e. The van der Waals surface area contributed by atoms with Gasteiger partial charge in [-0.2, -0.15) is 0 Å². The van der Waals surface area contributed by atoms with Gasteiger partial charge in [-0.05, 0) is 46.1 Å². The van der Waals surface area contributed by atoms with Gasteiger partial charge in [0.15, 0.2) is 0 Å². The Bertz CT molecular complexity index is 1230. The molecule has 0 radical (unpaired) electrons. The van der Waals surface area contributed by atoms with Gasteiger partial charge < -0.3 is 24.6 Å². The van der Waals surface area contributed by atoms with Gasteiger partial charge in [0.05, 0.1) is 33.6 Å². The fourth-order valence-corrected chi connectivity index (χ4v) is 6.23. The van der Waals surface area contributed by atoms with Crippen LogP contribution in [0.15, 0.2) is 22.0 Å². The molecule has 2 N–H and O–H groups in total. The quantitative estimate of drug-likeness (QED) is 0.697. The number of halogens is 1. The lowest BCUT2D eigenvalue weighted by Crippen LogP contribution is -2.49. The van der Waals surface area contributed by atoms with Crippen LogP contribution in [-0.2, 0) is 4.74 Å². The van der Waals surface area contributed by atoms with Crippen molar-refractivity contribution in [3.05, 3.63) is 33.9 Å². The zero-order chi connectivity index (χ0) is 23.7. The molecule has 1 aromatic heterocycles. The second-order valence-electron chi connectivity index (χ2n) is 9.86. The zero-order valence-corrected chi connectivity index (χ0v) is 19.5. The van der Waals surface area contributed by atoms with E-state index in [0.29, 0.717) is 34.8 Å². The van der Waals surface area contributed by atoms with E-state index in [2.05, 4.69) is 5.32 Å². The lowest BCUT2D eigenvalue weighted by Gasteiger charge is -2.36. The maximum atomic E-state index is 15.5. The summed E-state index contributed by atoms with van der Waals surface area (Å²) in [6, 6.07) is 0.996. The number of amides is 1. The molecule has 1 saturated heterocycles. The molecule has 33 heavy (non-hydrogen) atoms. The van der Waals surface area contributed by atoms with Crippen molar-refractivity contribution in [2.24, 2.45) is 0 Å². The number of benzene rings is 1. The third-order valence-corrected chi connectivity index (χ3v) is 7.49. The number of rotatable bonds is 3. The molecule has 2 fully saturated rings. The Morgan fingerprint density at radius 3 is 2.64 bits per heavy atom. The van der Waals surface area contributed by atoms with Gasteiger partial charge in [0, 0.05) is 24.5 Å². The van der Waals surface area contributed by atoms with Crippen LogP contribution in [0.25, 0.3) is 10.9 Å². The van der Waals surface area contributed by atoms with Crippen LogP contribution in [0, 0.1) is 5.82 Å². The molecule has 10 heteroatoms. The molecule has 2 atom stereocenters. The summed E-state index contributed by atoms with van der Waals surface area (Å²) in [4.78, 5) is 39.4. The summed E-state index contributed by atoms with van der Waals surface area (Å²) in [7, 11) is 0. The van der Waals surface area contributed by atoms with Gasteiger partial charge in [0.25, 0.3) is 0 Å². The SMILES string of the molecule is CC(C)(C)OC(=O)N[C@@H]1CCN2c3c(F)cc4c(=O)c(C(=O)O)cn(C5CC5)c4c3SC[C@H]12. The number of pyridine rings is 1. The first-order valence-corrected chi connectivity index (χ1v) is 12.1. The third-order valence-electron chi connectivity index (χ3n) is 6.30. The summed E-state index contributed by atoms with van der Waals surface area (Å²) >= 11 is 1.45. The molecule has 0 spiro atoms. The van der Waals surface area contributed by atoms with E-state index < -0.39 is 28.9 Å². The van der Waals surface area contributed by atoms with E-state index in [4.69, 9.17) is 4.74 Å². The van der Waals surface area contributed by atoms with Crippen molar-refractivity contribution in [2.75, 3.05) is 17.2 Å². The molecule has 8 nitrogen and oxygen atoms in total. The van der Waals surface area contributed by atoms with E-state index in [0.717, 1.165) is 12.8 Å². The molecular weight excluding hydrogens is 449 g/mol. The number of carboxylic acids is 1. The molecule has 0 bridgehead atoms. The Kier molecular flexibility index (Phi) is 5.11. The van der Waals surface area contributed by atoms with Crippen molar-refractivity contribution in [1.29, 1.82) is 0 Å². The van der Waals surface area contributed by atoms with Gasteiger partial charge >= 0.3 is 12.1 Å². The minimum absolute atomic E-state index is 0.103. The van der Waals surface area contributed by atoms with Crippen molar-refractivity contribution in [3.8, 4) is 0 Å². The number of ether oxygens (including phenoxy) is 1. The van der Waals surface area contributed by atoms with Crippen LogP contribution < -0.4 is 15.6 Å². The summed E-state index contributed by atoms with van der Waals surface area (Å²) in [5, 5.41) is 12.5. The number of nitrogens with one attached hydrogen (secondary N) is 1. The molecule has 1 saturated carbocycles. The number of alkyl carbamates (subject to hydrolysis) is 1. The third kappa shape index (κ3) is 3.84. The van der Waals surface area contributed by atoms with Crippen LogP contribution in [0.4, 0.5) is 14.9 Å². The maximum Gasteiger partial charge on any atom is 0.407 e. The number of thioether (sulfide) groups is 1. The lowest BCUT2D eigenvalue weighted by atomic mass is 10.1. The van der Waals surface area contributed by atoms with E-state index >= 15 is 4.39 Å². The van der Waals surface area contributed by atoms with Crippen LogP contribution in [-0.4, -0.2) is 51.7 Å². The lowest BCUT2D eigenvalue weighted by molar-refractivity contribution is 0.0502. The number of hydrogen-bond acceptors (Lipinski definition) is 6. The average Bonchev–Trinajstić information content (AvgIpc) is 3.48. The molecule has 3 aliphatic rings. The largest absolute Gasteiger partial charge is 0.477 e. The van der Waals surface area contributed by atoms with Crippen molar-refractivity contribution < 1.29 is 23.8 Å². The van der Waals surface area contributed by atoms with Crippen LogP contribution in [0.2, 0.25) is 0 Å². The van der Waals surface area contributed by atoms with E-state index in [9.17, 15) is 19.5 Å². The number of aromatic carboxylic acids is 1. The number of nitrogens with zero attached hydrogens (tertiary/aromatic N) is 2. The van der Waals surface area contributed by atoms with Gasteiger partial charge in [0.2, 0.25) is 5.43 Å². The Labute approximate surface area is 194 Å². The number of fused-ring (bicyclic) bond motifs is 5. The number of hydrogen-bond donors (Lipinski definition) is 2. The van der Waals surface area contributed by atoms with E-state index in [1.807, 2.05) is 9.47 Å². The number of carbonyl (C=O) groups is 2. The van der Waals surface area contributed by atoms with Gasteiger partial charge in [-0.1, -0.05) is 0 Å². The summed E-state index contributed by atoms with van der Waals surface area (Å²) in [6.45, 7) is 5.96. The van der Waals surface area contributed by atoms with E-state index in [-0.39, 0.29) is 29.1 Å². The van der Waals surface area contributed by atoms with Crippen molar-refractivity contribution in [3.63, 3.8) is 0 Å². The molecule has 176 valence electrons. The highest BCUT2D eigenvalue weighted by atomic mass is 32.2. The standard InChI is InChI=1S/C23H26FN3O5S/c1-23(2,3)32-22(31)25-15-6-7-26-16(15)10-33-20-17-12(8-14(24)18(20)26)19(28)13(21(29)30)9-27(17)11-4-5-11/h8-9,11,15-16H,4-7,10H2,1-3H3,(H,25,31)(H,29,30)/t15-,16-/m1/s1. The summed E-state index contributed by atoms with van der Waals surface area (Å²) in [6.07, 6.45) is 3.35. The molecule has 1 amide bonds. The second-order valence-corrected chi connectivity index (χ2v) is 10.9. The molecular formula is C23H26FN3O5S. The zero-order valence-electron chi connectivity index (χ0n) is 18.7. The van der Waals surface area contributed by atoms with Crippen molar-refractivity contribution >= 4 is 40.4 Å². The van der Waals surface area contributed by atoms with Gasteiger partial charge in [-0.15, -0.1) is 11.8 Å². The van der Waals surface area contributed by atoms with E-state index in [1.165, 1.54) is 24.0 Å². The van der Waals surface area contributed by atoms with E-state index in [1.54, 1.807) is 20.8 Å². The number of carboxylic acid groups (broad SMARTS) is 1. The average molecular weight is 476 g/mol. The van der Waals surface area contributed by atoms with Crippen LogP contribution in [0.1, 0.15) is 56.4 Å². The highest BCUT2D eigenvalue weighted by Crippen LogP contribution is 2.48. The summed E-state index contributed by atoms with van der Waals surface area (Å²) < 4.78 is 22.7. The number of anilines is 1. The fourth-order valence-electron chi connectivity index (χ4n) is 4.77. The first kappa shape index (κ1) is 22.1. The summed E-state index contributed by atoms with van der Waals surface area (Å²) in [5.41, 5.74) is -0.576. The topological polar surface area (TPSA) is 101 Å². The first-order chi connectivity index (χ1) is 15.5. The predicted octanol–water partition coefficient (Wildman–Crippen LogP) is 3.75. The smallest absolute Gasteiger partial charge is 0.407 e. The highest BCUT2D eigenvalue weighted by Gasteiger charge is 2.42. The molecule has 2 aromatic rings. The molecule has 0 unspecified atom stereocenters.